The van der Waals surface area contributed by atoms with Gasteiger partial charge in [-0.05, 0) is 50.9 Å². The summed E-state index contributed by atoms with van der Waals surface area (Å²) < 4.78 is 5.71. The van der Waals surface area contributed by atoms with Crippen molar-refractivity contribution in [2.45, 2.75) is 39.3 Å². The van der Waals surface area contributed by atoms with Crippen LogP contribution >= 0.6 is 0 Å². The SMILES string of the molecule is Cc1ccc(OC(C)C(=O)NCCCCN2CCN(Cc3ccccc3)CC2)cc1. The van der Waals surface area contributed by atoms with E-state index in [1.807, 2.05) is 31.2 Å². The molecule has 1 unspecified atom stereocenters. The number of benzene rings is 2. The first-order valence-electron chi connectivity index (χ1n) is 11.1. The number of hydrogen-bond donors (Lipinski definition) is 1. The Morgan fingerprint density at radius 2 is 1.63 bits per heavy atom. The van der Waals surface area contributed by atoms with E-state index in [1.165, 1.54) is 11.1 Å². The van der Waals surface area contributed by atoms with Gasteiger partial charge in [-0.1, -0.05) is 48.0 Å². The van der Waals surface area contributed by atoms with E-state index < -0.39 is 6.10 Å². The van der Waals surface area contributed by atoms with E-state index in [9.17, 15) is 4.79 Å². The van der Waals surface area contributed by atoms with Crippen LogP contribution in [0.15, 0.2) is 54.6 Å². The molecule has 1 N–H and O–H groups in total. The molecule has 5 nitrogen and oxygen atoms in total. The monoisotopic (exact) mass is 409 g/mol. The highest BCUT2D eigenvalue weighted by molar-refractivity contribution is 5.80. The first kappa shape index (κ1) is 22.3. The van der Waals surface area contributed by atoms with Crippen LogP contribution in [0.3, 0.4) is 0 Å². The van der Waals surface area contributed by atoms with E-state index in [0.29, 0.717) is 6.54 Å². The molecular formula is C25H35N3O2. The average molecular weight is 410 g/mol. The molecule has 1 heterocycles. The largest absolute Gasteiger partial charge is 0.481 e. The summed E-state index contributed by atoms with van der Waals surface area (Å²) >= 11 is 0. The fraction of sp³-hybridized carbons (Fsp3) is 0.480. The first-order valence-corrected chi connectivity index (χ1v) is 11.1. The molecule has 5 heteroatoms. The topological polar surface area (TPSA) is 44.8 Å². The van der Waals surface area contributed by atoms with Gasteiger partial charge in [0, 0.05) is 39.3 Å². The summed E-state index contributed by atoms with van der Waals surface area (Å²) in [5, 5.41) is 3.00. The van der Waals surface area contributed by atoms with Crippen molar-refractivity contribution in [3.63, 3.8) is 0 Å². The lowest BCUT2D eigenvalue weighted by molar-refractivity contribution is -0.127. The summed E-state index contributed by atoms with van der Waals surface area (Å²) in [5.74, 6) is 0.680. The summed E-state index contributed by atoms with van der Waals surface area (Å²) in [6.07, 6.45) is 1.62. The van der Waals surface area contributed by atoms with Crippen LogP contribution in [0, 0.1) is 6.92 Å². The van der Waals surface area contributed by atoms with Crippen molar-refractivity contribution in [2.75, 3.05) is 39.3 Å². The summed E-state index contributed by atoms with van der Waals surface area (Å²) in [6, 6.07) is 18.5. The highest BCUT2D eigenvalue weighted by Crippen LogP contribution is 2.13. The highest BCUT2D eigenvalue weighted by atomic mass is 16.5. The van der Waals surface area contributed by atoms with E-state index in [2.05, 4.69) is 45.4 Å². The Morgan fingerprint density at radius 1 is 0.967 bits per heavy atom. The van der Waals surface area contributed by atoms with Crippen molar-refractivity contribution in [1.29, 1.82) is 0 Å². The number of carbonyl (C=O) groups excluding carboxylic acids is 1. The molecule has 1 aliphatic rings. The number of rotatable bonds is 10. The first-order chi connectivity index (χ1) is 14.6. The quantitative estimate of drug-likeness (QED) is 0.610. The minimum atomic E-state index is -0.481. The van der Waals surface area contributed by atoms with Gasteiger partial charge in [0.2, 0.25) is 0 Å². The molecule has 0 aromatic heterocycles. The van der Waals surface area contributed by atoms with Gasteiger partial charge in [-0.25, -0.2) is 0 Å². The molecular weight excluding hydrogens is 374 g/mol. The lowest BCUT2D eigenvalue weighted by Crippen LogP contribution is -2.46. The number of hydrogen-bond acceptors (Lipinski definition) is 4. The summed E-state index contributed by atoms with van der Waals surface area (Å²) in [6.45, 7) is 11.2. The number of nitrogens with one attached hydrogen (secondary N) is 1. The smallest absolute Gasteiger partial charge is 0.260 e. The summed E-state index contributed by atoms with van der Waals surface area (Å²) in [4.78, 5) is 17.3. The predicted octanol–water partition coefficient (Wildman–Crippen LogP) is 3.48. The number of nitrogens with zero attached hydrogens (tertiary/aromatic N) is 2. The normalized spacial score (nSPS) is 16.2. The van der Waals surface area contributed by atoms with Crippen LogP contribution in [-0.4, -0.2) is 61.1 Å². The zero-order chi connectivity index (χ0) is 21.2. The minimum Gasteiger partial charge on any atom is -0.481 e. The second-order valence-corrected chi connectivity index (χ2v) is 8.17. The van der Waals surface area contributed by atoms with Gasteiger partial charge in [-0.2, -0.15) is 0 Å². The molecule has 30 heavy (non-hydrogen) atoms. The van der Waals surface area contributed by atoms with E-state index in [0.717, 1.165) is 57.9 Å². The second-order valence-electron chi connectivity index (χ2n) is 8.17. The van der Waals surface area contributed by atoms with Gasteiger partial charge in [0.1, 0.15) is 5.75 Å². The molecule has 3 rings (SSSR count). The van der Waals surface area contributed by atoms with Crippen LogP contribution in [-0.2, 0) is 11.3 Å². The Hall–Kier alpha value is -2.37. The molecule has 1 saturated heterocycles. The summed E-state index contributed by atoms with van der Waals surface area (Å²) in [7, 11) is 0. The maximum Gasteiger partial charge on any atom is 0.260 e. The number of amides is 1. The molecule has 0 bridgehead atoms. The number of unbranched alkanes of at least 4 members (excludes halogenated alkanes) is 1. The minimum absolute atomic E-state index is 0.0508. The molecule has 1 fully saturated rings. The molecule has 0 aliphatic carbocycles. The van der Waals surface area contributed by atoms with E-state index in [-0.39, 0.29) is 5.91 Å². The Labute approximate surface area is 181 Å². The average Bonchev–Trinajstić information content (AvgIpc) is 2.77. The van der Waals surface area contributed by atoms with Gasteiger partial charge in [-0.3, -0.25) is 9.69 Å². The Bertz CT molecular complexity index is 756. The fourth-order valence-electron chi connectivity index (χ4n) is 3.70. The van der Waals surface area contributed by atoms with Gasteiger partial charge in [-0.15, -0.1) is 0 Å². The third-order valence-corrected chi connectivity index (χ3v) is 5.62. The van der Waals surface area contributed by atoms with Crippen LogP contribution < -0.4 is 10.1 Å². The molecule has 0 spiro atoms. The van der Waals surface area contributed by atoms with Gasteiger partial charge in [0.05, 0.1) is 0 Å². The Morgan fingerprint density at radius 3 is 2.33 bits per heavy atom. The molecule has 0 radical (unpaired) electrons. The fourth-order valence-corrected chi connectivity index (χ4v) is 3.70. The van der Waals surface area contributed by atoms with Crippen LogP contribution in [0.4, 0.5) is 0 Å². The third-order valence-electron chi connectivity index (χ3n) is 5.62. The lowest BCUT2D eigenvalue weighted by atomic mass is 10.2. The third kappa shape index (κ3) is 7.47. The second kappa shape index (κ2) is 11.7. The van der Waals surface area contributed by atoms with Gasteiger partial charge < -0.3 is 15.0 Å². The maximum atomic E-state index is 12.2. The molecule has 2 aromatic rings. The number of piperazine rings is 1. The number of aryl methyl sites for hydroxylation is 1. The van der Waals surface area contributed by atoms with E-state index >= 15 is 0 Å². The highest BCUT2D eigenvalue weighted by Gasteiger charge is 2.17. The molecule has 2 aromatic carbocycles. The van der Waals surface area contributed by atoms with E-state index in [4.69, 9.17) is 4.74 Å². The van der Waals surface area contributed by atoms with Crippen molar-refractivity contribution in [1.82, 2.24) is 15.1 Å². The molecule has 1 amide bonds. The van der Waals surface area contributed by atoms with Crippen LogP contribution in [0.1, 0.15) is 30.9 Å². The van der Waals surface area contributed by atoms with Gasteiger partial charge in [0.25, 0.3) is 5.91 Å². The zero-order valence-electron chi connectivity index (χ0n) is 18.3. The zero-order valence-corrected chi connectivity index (χ0v) is 18.3. The van der Waals surface area contributed by atoms with Crippen molar-refractivity contribution in [3.05, 3.63) is 65.7 Å². The van der Waals surface area contributed by atoms with Crippen molar-refractivity contribution >= 4 is 5.91 Å². The lowest BCUT2D eigenvalue weighted by Gasteiger charge is -2.34. The molecule has 162 valence electrons. The molecule has 0 saturated carbocycles. The number of ether oxygens (including phenoxy) is 1. The van der Waals surface area contributed by atoms with Crippen molar-refractivity contribution < 1.29 is 9.53 Å². The van der Waals surface area contributed by atoms with Crippen molar-refractivity contribution in [2.24, 2.45) is 0 Å². The van der Waals surface area contributed by atoms with Crippen LogP contribution in [0.2, 0.25) is 0 Å². The maximum absolute atomic E-state index is 12.2. The summed E-state index contributed by atoms with van der Waals surface area (Å²) in [5.41, 5.74) is 2.57. The van der Waals surface area contributed by atoms with Crippen LogP contribution in [0.25, 0.3) is 0 Å². The molecule has 1 aliphatic heterocycles. The number of carbonyl (C=O) groups is 1. The van der Waals surface area contributed by atoms with Gasteiger partial charge in [0.15, 0.2) is 6.10 Å². The predicted molar refractivity (Wildman–Crippen MR) is 122 cm³/mol. The standard InChI is InChI=1S/C25H35N3O2/c1-21-10-12-24(13-11-21)30-22(2)25(29)26-14-6-7-15-27-16-18-28(19-17-27)20-23-8-4-3-5-9-23/h3-5,8-13,22H,6-7,14-20H2,1-2H3,(H,26,29). The Kier molecular flexibility index (Phi) is 8.72. The van der Waals surface area contributed by atoms with Crippen LogP contribution in [0.5, 0.6) is 5.75 Å². The van der Waals surface area contributed by atoms with E-state index in [1.54, 1.807) is 6.92 Å². The molecule has 1 atom stereocenters. The van der Waals surface area contributed by atoms with Crippen molar-refractivity contribution in [3.8, 4) is 5.75 Å². The van der Waals surface area contributed by atoms with Gasteiger partial charge >= 0.3 is 0 Å². The Balaban J connectivity index is 1.24.